The van der Waals surface area contributed by atoms with Gasteiger partial charge in [-0.15, -0.1) is 0 Å². The van der Waals surface area contributed by atoms with Gasteiger partial charge in [0.05, 0.1) is 59.5 Å². The van der Waals surface area contributed by atoms with Crippen molar-refractivity contribution in [3.05, 3.63) is 48.8 Å². The second kappa shape index (κ2) is 51.1. The van der Waals surface area contributed by atoms with Crippen LogP contribution in [0.5, 0.6) is 0 Å². The Balaban J connectivity index is 1.75. The molecule has 2 rings (SSSR count). The average Bonchev–Trinajstić information content (AvgIpc) is 3.49. The Kier molecular flexibility index (Phi) is 45.5. The molecule has 0 aliphatic rings. The summed E-state index contributed by atoms with van der Waals surface area (Å²) >= 11 is 0. The van der Waals surface area contributed by atoms with Crippen LogP contribution in [0.3, 0.4) is 0 Å². The molecule has 0 aliphatic heterocycles. The van der Waals surface area contributed by atoms with Crippen LogP contribution in [-0.4, -0.2) is 211 Å². The first kappa shape index (κ1) is 73.8. The van der Waals surface area contributed by atoms with Crippen LogP contribution in [-0.2, 0) is 71.6 Å². The Hall–Kier alpha value is -5.31. The standard InChI is InChI=1S/C53H84N10O16S4/c1-54-46(67)38-77-33-30-75-28-25-60-52(72)41(12-4-8-20-55-44(65)18-36-80-82-49-15-6-10-22-58-49)63-48(69)40-79-35-32-76-29-26-61-53(73)42(13-5-9-21-56-45(66)19-37-81-83-50-16-7-11-23-59-50)62-47(68)39-78-34-31-74-27-24-57-43(64)14-2-3-17-51(70)71/h6-7,10-11,15-16,22-23,41-42H,2-5,8-9,12-14,17-21,24-40H2,1H3,(H,54,67)(H,55,65)(H,56,66)(H,57,64)(H,60,72)(H,61,73)(H,62,68)(H,63,69)(H,70,71)/t41-,42-/m0/s1. The molecule has 0 aliphatic carbocycles. The van der Waals surface area contributed by atoms with Crippen LogP contribution in [0.1, 0.15) is 77.0 Å². The molecule has 466 valence electrons. The molecule has 30 heteroatoms. The second-order valence-electron chi connectivity index (χ2n) is 17.8. The molecule has 26 nitrogen and oxygen atoms in total. The van der Waals surface area contributed by atoms with Crippen molar-refractivity contribution in [2.45, 2.75) is 99.2 Å². The van der Waals surface area contributed by atoms with Crippen LogP contribution in [0.2, 0.25) is 0 Å². The zero-order valence-corrected chi connectivity index (χ0v) is 50.6. The van der Waals surface area contributed by atoms with Crippen molar-refractivity contribution in [3.63, 3.8) is 0 Å². The maximum Gasteiger partial charge on any atom is 0.303 e. The molecule has 8 amide bonds. The van der Waals surface area contributed by atoms with Gasteiger partial charge >= 0.3 is 5.97 Å². The summed E-state index contributed by atoms with van der Waals surface area (Å²) in [5.74, 6) is -2.26. The van der Waals surface area contributed by atoms with Crippen molar-refractivity contribution in [1.29, 1.82) is 0 Å². The van der Waals surface area contributed by atoms with E-state index in [9.17, 15) is 43.2 Å². The van der Waals surface area contributed by atoms with Crippen molar-refractivity contribution in [3.8, 4) is 0 Å². The average molecular weight is 1250 g/mol. The number of carbonyl (C=O) groups excluding carboxylic acids is 8. The zero-order chi connectivity index (χ0) is 60.2. The minimum absolute atomic E-state index is 0.0124. The van der Waals surface area contributed by atoms with E-state index in [1.165, 1.54) is 39.4 Å². The van der Waals surface area contributed by atoms with Gasteiger partial charge in [-0.05, 0) is 97.2 Å². The number of unbranched alkanes of at least 4 members (excludes halogenated alkanes) is 3. The van der Waals surface area contributed by atoms with E-state index in [1.54, 1.807) is 23.2 Å². The minimum atomic E-state index is -0.914. The first-order valence-corrected chi connectivity index (χ1v) is 32.2. The fourth-order valence-electron chi connectivity index (χ4n) is 6.73. The van der Waals surface area contributed by atoms with Crippen LogP contribution in [0.15, 0.2) is 58.8 Å². The highest BCUT2D eigenvalue weighted by Crippen LogP contribution is 2.30. The van der Waals surface area contributed by atoms with Crippen LogP contribution in [0.4, 0.5) is 0 Å². The molecule has 0 saturated carbocycles. The molecule has 83 heavy (non-hydrogen) atoms. The van der Waals surface area contributed by atoms with E-state index < -0.39 is 41.7 Å². The van der Waals surface area contributed by atoms with E-state index in [-0.39, 0.29) is 142 Å². The molecule has 9 N–H and O–H groups in total. The molecule has 0 radical (unpaired) electrons. The van der Waals surface area contributed by atoms with Gasteiger partial charge in [0.2, 0.25) is 47.3 Å². The number of carboxylic acids is 1. The van der Waals surface area contributed by atoms with E-state index in [2.05, 4.69) is 52.5 Å². The van der Waals surface area contributed by atoms with Gasteiger partial charge in [0.1, 0.15) is 42.0 Å². The molecule has 0 spiro atoms. The van der Waals surface area contributed by atoms with Crippen molar-refractivity contribution in [2.75, 3.05) is 131 Å². The molecule has 2 aromatic rings. The Labute approximate surface area is 501 Å². The summed E-state index contributed by atoms with van der Waals surface area (Å²) in [4.78, 5) is 119. The first-order valence-electron chi connectivity index (χ1n) is 27.6. The second-order valence-corrected chi connectivity index (χ2v) is 22.7. The highest BCUT2D eigenvalue weighted by molar-refractivity contribution is 8.77. The number of ether oxygens (including phenoxy) is 6. The summed E-state index contributed by atoms with van der Waals surface area (Å²) in [6.07, 6.45) is 7.93. The van der Waals surface area contributed by atoms with Gasteiger partial charge in [-0.3, -0.25) is 43.2 Å². The number of hydrogen-bond donors (Lipinski definition) is 9. The lowest BCUT2D eigenvalue weighted by Crippen LogP contribution is -2.48. The third kappa shape index (κ3) is 43.9. The number of hydrogen-bond acceptors (Lipinski definition) is 21. The first-order chi connectivity index (χ1) is 40.4. The Bertz CT molecular complexity index is 2140. The molecular formula is C53H84N10O16S4. The largest absolute Gasteiger partial charge is 0.481 e. The number of aromatic nitrogens is 2. The SMILES string of the molecule is CNC(=O)COCCOCCNC(=O)[C@H](CCCCNC(=O)CCSSc1ccccn1)NC(=O)COCCOCCNC(=O)[C@H](CCCCNC(=O)CCSSc1ccccn1)NC(=O)COCCOCCNC(=O)CCCCC(=O)O. The molecule has 0 aromatic carbocycles. The lowest BCUT2D eigenvalue weighted by atomic mass is 10.1. The summed E-state index contributed by atoms with van der Waals surface area (Å²) in [5, 5.41) is 32.3. The normalized spacial score (nSPS) is 11.6. The Morgan fingerprint density at radius 3 is 1.27 bits per heavy atom. The van der Waals surface area contributed by atoms with Crippen molar-refractivity contribution < 1.29 is 76.7 Å². The van der Waals surface area contributed by atoms with Gasteiger partial charge in [-0.2, -0.15) is 0 Å². The summed E-state index contributed by atoms with van der Waals surface area (Å²) in [7, 11) is 7.58. The monoisotopic (exact) mass is 1240 g/mol. The topological polar surface area (TPSA) is 351 Å². The third-order valence-corrected chi connectivity index (χ3v) is 15.5. The third-order valence-electron chi connectivity index (χ3n) is 11.0. The Morgan fingerprint density at radius 1 is 0.446 bits per heavy atom. The molecule has 2 atom stereocenters. The van der Waals surface area contributed by atoms with Gasteiger partial charge < -0.3 is 76.1 Å². The van der Waals surface area contributed by atoms with Crippen LogP contribution in [0, 0.1) is 0 Å². The maximum absolute atomic E-state index is 13.3. The van der Waals surface area contributed by atoms with Crippen molar-refractivity contribution in [1.82, 2.24) is 52.5 Å². The lowest BCUT2D eigenvalue weighted by molar-refractivity contribution is -0.137. The van der Waals surface area contributed by atoms with E-state index in [0.29, 0.717) is 82.4 Å². The minimum Gasteiger partial charge on any atom is -0.481 e. The van der Waals surface area contributed by atoms with Crippen LogP contribution >= 0.6 is 43.2 Å². The highest BCUT2D eigenvalue weighted by Gasteiger charge is 2.22. The molecule has 0 saturated heterocycles. The summed E-state index contributed by atoms with van der Waals surface area (Å²) in [6.45, 7) is 1.72. The highest BCUT2D eigenvalue weighted by atomic mass is 33.1. The van der Waals surface area contributed by atoms with Crippen molar-refractivity contribution >= 4 is 96.4 Å². The number of carboxylic acid groups (broad SMARTS) is 1. The number of aliphatic carboxylic acids is 1. The molecule has 0 fully saturated rings. The van der Waals surface area contributed by atoms with Gasteiger partial charge in [-0.1, -0.05) is 33.7 Å². The fourth-order valence-corrected chi connectivity index (χ4v) is 10.5. The number of carbonyl (C=O) groups is 9. The number of amides is 8. The van der Waals surface area contributed by atoms with E-state index in [4.69, 9.17) is 33.5 Å². The molecule has 0 unspecified atom stereocenters. The van der Waals surface area contributed by atoms with E-state index >= 15 is 0 Å². The van der Waals surface area contributed by atoms with Gasteiger partial charge in [0.25, 0.3) is 0 Å². The number of nitrogens with zero attached hydrogens (tertiary/aromatic N) is 2. The number of rotatable bonds is 53. The van der Waals surface area contributed by atoms with Crippen LogP contribution < -0.4 is 42.5 Å². The van der Waals surface area contributed by atoms with Gasteiger partial charge in [0, 0.05) is 89.4 Å². The predicted octanol–water partition coefficient (Wildman–Crippen LogP) is 1.82. The number of likely N-dealkylation sites (N-methyl/N-ethyl adjacent to an activating group) is 1. The summed E-state index contributed by atoms with van der Waals surface area (Å²) < 4.78 is 32.7. The quantitative estimate of drug-likeness (QED) is 0.0337. The van der Waals surface area contributed by atoms with E-state index in [0.717, 1.165) is 10.1 Å². The molecule has 2 heterocycles. The van der Waals surface area contributed by atoms with Crippen LogP contribution in [0.25, 0.3) is 0 Å². The number of nitrogens with one attached hydrogen (secondary N) is 8. The molecule has 0 bridgehead atoms. The van der Waals surface area contributed by atoms with Gasteiger partial charge in [-0.25, -0.2) is 9.97 Å². The predicted molar refractivity (Wildman–Crippen MR) is 316 cm³/mol. The summed E-state index contributed by atoms with van der Waals surface area (Å²) in [5.41, 5.74) is 0. The smallest absolute Gasteiger partial charge is 0.303 e. The molecule has 2 aromatic heterocycles. The fraction of sp³-hybridized carbons (Fsp3) is 0.642. The van der Waals surface area contributed by atoms with E-state index in [1.807, 2.05) is 36.4 Å². The molecular weight excluding hydrogens is 1160 g/mol. The summed E-state index contributed by atoms with van der Waals surface area (Å²) in [6, 6.07) is 9.47. The lowest BCUT2D eigenvalue weighted by Gasteiger charge is -2.19. The van der Waals surface area contributed by atoms with Crippen molar-refractivity contribution in [2.24, 2.45) is 0 Å². The van der Waals surface area contributed by atoms with Gasteiger partial charge in [0.15, 0.2) is 0 Å². The Morgan fingerprint density at radius 2 is 0.843 bits per heavy atom. The maximum atomic E-state index is 13.3. The zero-order valence-electron chi connectivity index (χ0n) is 47.3. The number of pyridine rings is 2.